The van der Waals surface area contributed by atoms with E-state index in [1.54, 1.807) is 11.3 Å². The van der Waals surface area contributed by atoms with Crippen LogP contribution in [0.3, 0.4) is 0 Å². The second kappa shape index (κ2) is 4.58. The molecule has 1 unspecified atom stereocenters. The van der Waals surface area contributed by atoms with E-state index >= 15 is 0 Å². The fourth-order valence-electron chi connectivity index (χ4n) is 1.69. The maximum Gasteiger partial charge on any atom is 0.0574 e. The quantitative estimate of drug-likeness (QED) is 0.856. The predicted octanol–water partition coefficient (Wildman–Crippen LogP) is 4.07. The van der Waals surface area contributed by atoms with Crippen molar-refractivity contribution < 1.29 is 0 Å². The fraction of sp³-hybridized carbons (Fsp3) is 0.231. The van der Waals surface area contributed by atoms with Gasteiger partial charge in [-0.05, 0) is 48.1 Å². The Morgan fingerprint density at radius 3 is 2.56 bits per heavy atom. The number of hydrogen-bond donors (Lipinski definition) is 1. The summed E-state index contributed by atoms with van der Waals surface area (Å²) in [6.07, 6.45) is 0. The van der Waals surface area contributed by atoms with E-state index in [4.69, 9.17) is 17.3 Å². The number of benzene rings is 1. The normalized spacial score (nSPS) is 12.8. The van der Waals surface area contributed by atoms with E-state index in [1.165, 1.54) is 4.88 Å². The number of aryl methyl sites for hydroxylation is 2. The van der Waals surface area contributed by atoms with Crippen LogP contribution in [0.25, 0.3) is 0 Å². The molecule has 0 bridgehead atoms. The van der Waals surface area contributed by atoms with Crippen LogP contribution in [-0.2, 0) is 0 Å². The van der Waals surface area contributed by atoms with Crippen LogP contribution < -0.4 is 5.73 Å². The highest BCUT2D eigenvalue weighted by molar-refractivity contribution is 7.10. The molecule has 2 rings (SSSR count). The van der Waals surface area contributed by atoms with Gasteiger partial charge in [0.1, 0.15) is 0 Å². The van der Waals surface area contributed by atoms with Gasteiger partial charge in [0.15, 0.2) is 0 Å². The molecule has 84 valence electrons. The van der Waals surface area contributed by atoms with Gasteiger partial charge in [-0.1, -0.05) is 23.7 Å². The zero-order valence-electron chi connectivity index (χ0n) is 9.33. The van der Waals surface area contributed by atoms with E-state index in [0.29, 0.717) is 0 Å². The van der Waals surface area contributed by atoms with Gasteiger partial charge in [0.05, 0.1) is 6.04 Å². The van der Waals surface area contributed by atoms with Gasteiger partial charge in [0.25, 0.3) is 0 Å². The molecule has 1 heterocycles. The van der Waals surface area contributed by atoms with Crippen molar-refractivity contribution in [1.29, 1.82) is 0 Å². The van der Waals surface area contributed by atoms with E-state index in [0.717, 1.165) is 21.7 Å². The molecule has 16 heavy (non-hydrogen) atoms. The van der Waals surface area contributed by atoms with Crippen molar-refractivity contribution >= 4 is 22.9 Å². The van der Waals surface area contributed by atoms with Crippen LogP contribution in [-0.4, -0.2) is 0 Å². The van der Waals surface area contributed by atoms with Gasteiger partial charge in [0.2, 0.25) is 0 Å². The number of thiophene rings is 1. The van der Waals surface area contributed by atoms with E-state index in [1.807, 2.05) is 25.1 Å². The minimum absolute atomic E-state index is 0.127. The molecule has 1 nitrogen and oxygen atoms in total. The zero-order chi connectivity index (χ0) is 11.7. The summed E-state index contributed by atoms with van der Waals surface area (Å²) in [6, 6.07) is 8.00. The summed E-state index contributed by atoms with van der Waals surface area (Å²) < 4.78 is 0. The maximum atomic E-state index is 6.20. The van der Waals surface area contributed by atoms with Gasteiger partial charge >= 0.3 is 0 Å². The lowest BCUT2D eigenvalue weighted by molar-refractivity contribution is 0.875. The largest absolute Gasteiger partial charge is 0.320 e. The van der Waals surface area contributed by atoms with Crippen LogP contribution in [0, 0.1) is 13.8 Å². The summed E-state index contributed by atoms with van der Waals surface area (Å²) in [7, 11) is 0. The van der Waals surface area contributed by atoms with Gasteiger partial charge in [-0.15, -0.1) is 11.3 Å². The lowest BCUT2D eigenvalue weighted by atomic mass is 10.0. The number of halogens is 1. The third-order valence-corrected chi connectivity index (χ3v) is 3.81. The molecule has 3 heteroatoms. The van der Waals surface area contributed by atoms with Crippen molar-refractivity contribution in [2.75, 3.05) is 0 Å². The second-order valence-corrected chi connectivity index (χ2v) is 5.52. The molecular formula is C13H14ClNS. The number of hydrogen-bond acceptors (Lipinski definition) is 2. The first kappa shape index (κ1) is 11.6. The van der Waals surface area contributed by atoms with Crippen LogP contribution in [0.2, 0.25) is 5.02 Å². The lowest BCUT2D eigenvalue weighted by Crippen LogP contribution is -2.11. The van der Waals surface area contributed by atoms with Crippen LogP contribution in [0.15, 0.2) is 29.6 Å². The highest BCUT2D eigenvalue weighted by Gasteiger charge is 2.13. The van der Waals surface area contributed by atoms with Crippen molar-refractivity contribution in [2.24, 2.45) is 5.73 Å². The molecular weight excluding hydrogens is 238 g/mol. The molecule has 0 spiro atoms. The summed E-state index contributed by atoms with van der Waals surface area (Å²) in [6.45, 7) is 4.10. The average Bonchev–Trinajstić information content (AvgIpc) is 2.64. The topological polar surface area (TPSA) is 26.0 Å². The van der Waals surface area contributed by atoms with E-state index < -0.39 is 0 Å². The van der Waals surface area contributed by atoms with Gasteiger partial charge in [-0.2, -0.15) is 0 Å². The van der Waals surface area contributed by atoms with Crippen molar-refractivity contribution in [3.63, 3.8) is 0 Å². The minimum atomic E-state index is -0.127. The summed E-state index contributed by atoms with van der Waals surface area (Å²) in [4.78, 5) is 1.27. The standard InChI is InChI=1S/C13H14ClNS/c1-8-3-4-11(12(14)5-8)13(15)10-6-9(2)16-7-10/h3-7,13H,15H2,1-2H3. The molecule has 0 aliphatic heterocycles. The number of nitrogens with two attached hydrogens (primary N) is 1. The van der Waals surface area contributed by atoms with Crippen LogP contribution in [0.4, 0.5) is 0 Å². The summed E-state index contributed by atoms with van der Waals surface area (Å²) >= 11 is 7.92. The van der Waals surface area contributed by atoms with Crippen LogP contribution >= 0.6 is 22.9 Å². The first-order valence-corrected chi connectivity index (χ1v) is 6.40. The van der Waals surface area contributed by atoms with Gasteiger partial charge in [0, 0.05) is 9.90 Å². The van der Waals surface area contributed by atoms with Crippen molar-refractivity contribution in [3.8, 4) is 0 Å². The van der Waals surface area contributed by atoms with Crippen molar-refractivity contribution in [2.45, 2.75) is 19.9 Å². The highest BCUT2D eigenvalue weighted by atomic mass is 35.5. The van der Waals surface area contributed by atoms with Gasteiger partial charge in [-0.25, -0.2) is 0 Å². The van der Waals surface area contributed by atoms with Crippen molar-refractivity contribution in [1.82, 2.24) is 0 Å². The Morgan fingerprint density at radius 1 is 1.25 bits per heavy atom. The molecule has 2 N–H and O–H groups in total. The fourth-order valence-corrected chi connectivity index (χ4v) is 2.78. The SMILES string of the molecule is Cc1ccc(C(N)c2csc(C)c2)c(Cl)c1. The molecule has 0 fully saturated rings. The Kier molecular flexibility index (Phi) is 3.33. The molecule has 0 radical (unpaired) electrons. The molecule has 0 amide bonds. The predicted molar refractivity (Wildman–Crippen MR) is 71.3 cm³/mol. The van der Waals surface area contributed by atoms with Crippen LogP contribution in [0.5, 0.6) is 0 Å². The van der Waals surface area contributed by atoms with Gasteiger partial charge < -0.3 is 5.73 Å². The smallest absolute Gasteiger partial charge is 0.0574 e. The lowest BCUT2D eigenvalue weighted by Gasteiger charge is -2.12. The average molecular weight is 252 g/mol. The molecule has 0 saturated carbocycles. The Hall–Kier alpha value is -0.830. The summed E-state index contributed by atoms with van der Waals surface area (Å²) in [5.74, 6) is 0. The Morgan fingerprint density at radius 2 is 2.00 bits per heavy atom. The molecule has 1 atom stereocenters. The van der Waals surface area contributed by atoms with Crippen LogP contribution in [0.1, 0.15) is 27.6 Å². The van der Waals surface area contributed by atoms with E-state index in [-0.39, 0.29) is 6.04 Å². The third kappa shape index (κ3) is 2.29. The molecule has 0 aliphatic carbocycles. The Balaban J connectivity index is 2.37. The minimum Gasteiger partial charge on any atom is -0.320 e. The molecule has 1 aromatic carbocycles. The molecule has 0 aliphatic rings. The monoisotopic (exact) mass is 251 g/mol. The Bertz CT molecular complexity index is 504. The maximum absolute atomic E-state index is 6.20. The highest BCUT2D eigenvalue weighted by Crippen LogP contribution is 2.29. The molecule has 0 saturated heterocycles. The van der Waals surface area contributed by atoms with Gasteiger partial charge in [-0.3, -0.25) is 0 Å². The summed E-state index contributed by atoms with van der Waals surface area (Å²) in [5, 5.41) is 2.84. The molecule has 2 aromatic rings. The Labute approximate surface area is 105 Å². The zero-order valence-corrected chi connectivity index (χ0v) is 10.9. The number of rotatable bonds is 2. The van der Waals surface area contributed by atoms with E-state index in [9.17, 15) is 0 Å². The first-order chi connectivity index (χ1) is 7.58. The second-order valence-electron chi connectivity index (χ2n) is 3.99. The first-order valence-electron chi connectivity index (χ1n) is 5.14. The molecule has 1 aromatic heterocycles. The summed E-state index contributed by atoms with van der Waals surface area (Å²) in [5.41, 5.74) is 9.48. The third-order valence-electron chi connectivity index (χ3n) is 2.60. The van der Waals surface area contributed by atoms with E-state index in [2.05, 4.69) is 18.4 Å². The van der Waals surface area contributed by atoms with Crippen molar-refractivity contribution in [3.05, 3.63) is 56.2 Å².